The predicted molar refractivity (Wildman–Crippen MR) is 116 cm³/mol. The number of carbonyl (C=O) groups is 2. The number of hydrogen-bond donors (Lipinski definition) is 0. The summed E-state index contributed by atoms with van der Waals surface area (Å²) in [6.07, 6.45) is 2.67. The van der Waals surface area contributed by atoms with E-state index in [2.05, 4.69) is 0 Å². The molecular weight excluding hydrogens is 400 g/mol. The SMILES string of the molecule is CCOC(=O)Cc1ccccc1OCc1cc(-c2csc(C=O)c2)c2occc2c1. The monoisotopic (exact) mass is 420 g/mol. The first kappa shape index (κ1) is 19.9. The highest BCUT2D eigenvalue weighted by molar-refractivity contribution is 7.12. The van der Waals surface area contributed by atoms with E-state index >= 15 is 0 Å². The van der Waals surface area contributed by atoms with E-state index in [1.54, 1.807) is 13.2 Å². The first-order valence-electron chi connectivity index (χ1n) is 9.58. The van der Waals surface area contributed by atoms with E-state index in [9.17, 15) is 9.59 Å². The van der Waals surface area contributed by atoms with Crippen LogP contribution in [0.1, 0.15) is 27.7 Å². The molecule has 0 unspecified atom stereocenters. The first-order chi connectivity index (χ1) is 14.7. The van der Waals surface area contributed by atoms with Gasteiger partial charge in [-0.1, -0.05) is 18.2 Å². The van der Waals surface area contributed by atoms with Gasteiger partial charge in [-0.3, -0.25) is 9.59 Å². The maximum atomic E-state index is 11.9. The van der Waals surface area contributed by atoms with Gasteiger partial charge in [0, 0.05) is 16.5 Å². The van der Waals surface area contributed by atoms with Crippen molar-refractivity contribution in [3.8, 4) is 16.9 Å². The zero-order chi connectivity index (χ0) is 20.9. The molecule has 0 saturated carbocycles. The van der Waals surface area contributed by atoms with E-state index in [-0.39, 0.29) is 12.4 Å². The van der Waals surface area contributed by atoms with Crippen LogP contribution < -0.4 is 4.74 Å². The summed E-state index contributed by atoms with van der Waals surface area (Å²) in [7, 11) is 0. The topological polar surface area (TPSA) is 65.7 Å². The number of aldehydes is 1. The summed E-state index contributed by atoms with van der Waals surface area (Å²) in [6.45, 7) is 2.47. The van der Waals surface area contributed by atoms with Gasteiger partial charge < -0.3 is 13.9 Å². The molecule has 5 nitrogen and oxygen atoms in total. The molecular formula is C24H20O5S. The summed E-state index contributed by atoms with van der Waals surface area (Å²) in [6, 6.07) is 15.3. The molecule has 30 heavy (non-hydrogen) atoms. The lowest BCUT2D eigenvalue weighted by Crippen LogP contribution is -2.09. The minimum absolute atomic E-state index is 0.166. The van der Waals surface area contributed by atoms with Crippen LogP contribution in [0.2, 0.25) is 0 Å². The second-order valence-electron chi connectivity index (χ2n) is 6.72. The Hall–Kier alpha value is -3.38. The summed E-state index contributed by atoms with van der Waals surface area (Å²) in [5.74, 6) is 0.372. The highest BCUT2D eigenvalue weighted by Gasteiger charge is 2.13. The number of carbonyl (C=O) groups excluding carboxylic acids is 2. The van der Waals surface area contributed by atoms with Crippen molar-refractivity contribution in [2.45, 2.75) is 20.0 Å². The normalized spacial score (nSPS) is 10.8. The molecule has 0 radical (unpaired) electrons. The first-order valence-corrected chi connectivity index (χ1v) is 10.5. The van der Waals surface area contributed by atoms with E-state index in [1.165, 1.54) is 11.3 Å². The fourth-order valence-electron chi connectivity index (χ4n) is 3.32. The molecule has 0 aliphatic heterocycles. The van der Waals surface area contributed by atoms with Crippen molar-refractivity contribution in [2.24, 2.45) is 0 Å². The largest absolute Gasteiger partial charge is 0.489 e. The summed E-state index contributed by atoms with van der Waals surface area (Å²) >= 11 is 1.40. The molecule has 0 aliphatic carbocycles. The maximum Gasteiger partial charge on any atom is 0.310 e. The summed E-state index contributed by atoms with van der Waals surface area (Å²) in [5.41, 5.74) is 4.38. The van der Waals surface area contributed by atoms with Gasteiger partial charge in [-0.05, 0) is 53.8 Å². The molecule has 4 rings (SSSR count). The van der Waals surface area contributed by atoms with Crippen molar-refractivity contribution in [2.75, 3.05) is 6.61 Å². The summed E-state index contributed by atoms with van der Waals surface area (Å²) in [4.78, 5) is 23.6. The zero-order valence-corrected chi connectivity index (χ0v) is 17.2. The summed E-state index contributed by atoms with van der Waals surface area (Å²) < 4.78 is 16.8. The van der Waals surface area contributed by atoms with Crippen LogP contribution in [-0.4, -0.2) is 18.9 Å². The molecule has 0 spiro atoms. The molecule has 4 aromatic rings. The fourth-order valence-corrected chi connectivity index (χ4v) is 4.03. The number of hydrogen-bond acceptors (Lipinski definition) is 6. The van der Waals surface area contributed by atoms with E-state index in [4.69, 9.17) is 13.9 Å². The smallest absolute Gasteiger partial charge is 0.310 e. The van der Waals surface area contributed by atoms with Gasteiger partial charge in [0.05, 0.1) is 24.2 Å². The quantitative estimate of drug-likeness (QED) is 0.272. The highest BCUT2D eigenvalue weighted by atomic mass is 32.1. The van der Waals surface area contributed by atoms with E-state index in [0.717, 1.165) is 39.5 Å². The van der Waals surface area contributed by atoms with Gasteiger partial charge in [-0.15, -0.1) is 11.3 Å². The molecule has 152 valence electrons. The number of rotatable bonds is 8. The molecule has 0 atom stereocenters. The van der Waals surface area contributed by atoms with Gasteiger partial charge in [0.1, 0.15) is 17.9 Å². The number of esters is 1. The van der Waals surface area contributed by atoms with Crippen LogP contribution in [0.5, 0.6) is 5.75 Å². The second-order valence-corrected chi connectivity index (χ2v) is 7.66. The lowest BCUT2D eigenvalue weighted by atomic mass is 10.0. The standard InChI is InChI=1S/C24H20O5S/c1-2-27-23(26)12-17-5-3-4-6-22(17)29-14-16-9-18-7-8-28-24(18)21(10-16)19-11-20(13-25)30-15-19/h3-11,13,15H,2,12,14H2,1H3. The van der Waals surface area contributed by atoms with Gasteiger partial charge in [0.15, 0.2) is 6.29 Å². The molecule has 0 fully saturated rings. The number of benzene rings is 2. The van der Waals surface area contributed by atoms with E-state index < -0.39 is 0 Å². The molecule has 6 heteroatoms. The van der Waals surface area contributed by atoms with Crippen LogP contribution in [0.15, 0.2) is 64.6 Å². The molecule has 0 saturated heterocycles. The highest BCUT2D eigenvalue weighted by Crippen LogP contribution is 2.34. The van der Waals surface area contributed by atoms with E-state index in [1.807, 2.05) is 53.9 Å². The predicted octanol–water partition coefficient (Wildman–Crippen LogP) is 5.66. The van der Waals surface area contributed by atoms with Gasteiger partial charge in [0.25, 0.3) is 0 Å². The van der Waals surface area contributed by atoms with E-state index in [0.29, 0.717) is 23.8 Å². The molecule has 0 amide bonds. The molecule has 0 aliphatic rings. The van der Waals surface area contributed by atoms with Crippen molar-refractivity contribution in [1.29, 1.82) is 0 Å². The molecule has 2 aromatic carbocycles. The van der Waals surface area contributed by atoms with Crippen molar-refractivity contribution < 1.29 is 23.5 Å². The van der Waals surface area contributed by atoms with Crippen molar-refractivity contribution in [3.63, 3.8) is 0 Å². The number of para-hydroxylation sites is 1. The molecule has 2 heterocycles. The minimum atomic E-state index is -0.279. The number of furan rings is 1. The number of ether oxygens (including phenoxy) is 2. The van der Waals surface area contributed by atoms with Gasteiger partial charge in [-0.2, -0.15) is 0 Å². The van der Waals surface area contributed by atoms with Crippen molar-refractivity contribution >= 4 is 34.6 Å². The Morgan fingerprint density at radius 2 is 2.03 bits per heavy atom. The number of thiophene rings is 1. The average molecular weight is 420 g/mol. The Bertz CT molecular complexity index is 1190. The van der Waals surface area contributed by atoms with Crippen LogP contribution in [0, 0.1) is 0 Å². The third kappa shape index (κ3) is 4.28. The third-order valence-electron chi connectivity index (χ3n) is 4.66. The third-order valence-corrected chi connectivity index (χ3v) is 5.52. The lowest BCUT2D eigenvalue weighted by molar-refractivity contribution is -0.142. The Labute approximate surface area is 177 Å². The zero-order valence-electron chi connectivity index (χ0n) is 16.4. The molecule has 2 aromatic heterocycles. The van der Waals surface area contributed by atoms with Gasteiger partial charge in [-0.25, -0.2) is 0 Å². The Kier molecular flexibility index (Phi) is 5.95. The number of fused-ring (bicyclic) bond motifs is 1. The van der Waals surface area contributed by atoms with Crippen LogP contribution in [0.4, 0.5) is 0 Å². The van der Waals surface area contributed by atoms with Crippen LogP contribution >= 0.6 is 11.3 Å². The minimum Gasteiger partial charge on any atom is -0.489 e. The van der Waals surface area contributed by atoms with Crippen molar-refractivity contribution in [3.05, 3.63) is 76.2 Å². The van der Waals surface area contributed by atoms with Crippen LogP contribution in [0.3, 0.4) is 0 Å². The van der Waals surface area contributed by atoms with Gasteiger partial charge >= 0.3 is 5.97 Å². The maximum absolute atomic E-state index is 11.9. The van der Waals surface area contributed by atoms with Crippen molar-refractivity contribution in [1.82, 2.24) is 0 Å². The Morgan fingerprint density at radius 3 is 2.83 bits per heavy atom. The summed E-state index contributed by atoms with van der Waals surface area (Å²) in [5, 5.41) is 2.91. The lowest BCUT2D eigenvalue weighted by Gasteiger charge is -2.12. The van der Waals surface area contributed by atoms with Gasteiger partial charge in [0.2, 0.25) is 0 Å². The average Bonchev–Trinajstić information content (AvgIpc) is 3.42. The Balaban J connectivity index is 1.60. The molecule has 0 bridgehead atoms. The Morgan fingerprint density at radius 1 is 1.17 bits per heavy atom. The molecule has 0 N–H and O–H groups in total. The van der Waals surface area contributed by atoms with Crippen LogP contribution in [-0.2, 0) is 22.6 Å². The van der Waals surface area contributed by atoms with Crippen LogP contribution in [0.25, 0.3) is 22.1 Å². The second kappa shape index (κ2) is 8.97. The fraction of sp³-hybridized carbons (Fsp3) is 0.167.